The van der Waals surface area contributed by atoms with Crippen molar-refractivity contribution in [1.82, 2.24) is 5.32 Å². The lowest BCUT2D eigenvalue weighted by Crippen LogP contribution is -2.38. The number of rotatable bonds is 4. The molecule has 1 aliphatic rings. The molecule has 0 radical (unpaired) electrons. The fourth-order valence-corrected chi connectivity index (χ4v) is 1.70. The van der Waals surface area contributed by atoms with Gasteiger partial charge in [0.25, 0.3) is 5.91 Å². The Morgan fingerprint density at radius 3 is 2.78 bits per heavy atom. The monoisotopic (exact) mass is 249 g/mol. The average molecular weight is 249 g/mol. The van der Waals surface area contributed by atoms with Crippen LogP contribution < -0.4 is 14.8 Å². The molecule has 0 saturated carbocycles. The van der Waals surface area contributed by atoms with Crippen LogP contribution in [0.4, 0.5) is 0 Å². The van der Waals surface area contributed by atoms with Gasteiger partial charge in [-0.1, -0.05) is 6.92 Å². The molecule has 5 nitrogen and oxygen atoms in total. The minimum absolute atomic E-state index is 0.00379. The lowest BCUT2D eigenvalue weighted by atomic mass is 10.1. The number of ether oxygens (including phenoxy) is 2. The van der Waals surface area contributed by atoms with Crippen molar-refractivity contribution in [2.75, 3.05) is 6.79 Å². The average Bonchev–Trinajstić information content (AvgIpc) is 2.84. The van der Waals surface area contributed by atoms with Crippen molar-refractivity contribution in [1.29, 1.82) is 0 Å². The van der Waals surface area contributed by atoms with Gasteiger partial charge in [0.1, 0.15) is 0 Å². The van der Waals surface area contributed by atoms with Crippen molar-refractivity contribution in [3.63, 3.8) is 0 Å². The molecule has 0 aliphatic carbocycles. The Hall–Kier alpha value is -2.04. The van der Waals surface area contributed by atoms with Gasteiger partial charge in [-0.3, -0.25) is 9.59 Å². The third kappa shape index (κ3) is 2.45. The smallest absolute Gasteiger partial charge is 0.251 e. The highest BCUT2D eigenvalue weighted by Gasteiger charge is 2.18. The largest absolute Gasteiger partial charge is 0.454 e. The number of ketones is 1. The molecule has 5 heteroatoms. The molecule has 0 fully saturated rings. The summed E-state index contributed by atoms with van der Waals surface area (Å²) in [5.41, 5.74) is 0.454. The van der Waals surface area contributed by atoms with Crippen LogP contribution in [0.2, 0.25) is 0 Å². The van der Waals surface area contributed by atoms with Crippen LogP contribution in [0.1, 0.15) is 30.6 Å². The molecule has 0 aromatic heterocycles. The van der Waals surface area contributed by atoms with E-state index in [1.807, 2.05) is 0 Å². The topological polar surface area (TPSA) is 64.6 Å². The highest BCUT2D eigenvalue weighted by molar-refractivity contribution is 5.98. The summed E-state index contributed by atoms with van der Waals surface area (Å²) in [5, 5.41) is 2.65. The Morgan fingerprint density at radius 1 is 1.33 bits per heavy atom. The number of carbonyl (C=O) groups is 2. The van der Waals surface area contributed by atoms with Crippen LogP contribution in [0.3, 0.4) is 0 Å². The zero-order chi connectivity index (χ0) is 13.1. The SMILES string of the molecule is CCC(=O)C(C)NC(=O)c1ccc2c(c1)OCO2. The van der Waals surface area contributed by atoms with Crippen molar-refractivity contribution in [3.05, 3.63) is 23.8 Å². The first-order chi connectivity index (χ1) is 8.61. The van der Waals surface area contributed by atoms with Gasteiger partial charge in [-0.15, -0.1) is 0 Å². The first kappa shape index (κ1) is 12.4. The fourth-order valence-electron chi connectivity index (χ4n) is 1.70. The predicted octanol–water partition coefficient (Wildman–Crippen LogP) is 1.51. The molecular weight excluding hydrogens is 234 g/mol. The fraction of sp³-hybridized carbons (Fsp3) is 0.385. The lowest BCUT2D eigenvalue weighted by Gasteiger charge is -2.11. The van der Waals surface area contributed by atoms with E-state index < -0.39 is 6.04 Å². The number of benzene rings is 1. The van der Waals surface area contributed by atoms with E-state index >= 15 is 0 Å². The van der Waals surface area contributed by atoms with Gasteiger partial charge in [0.2, 0.25) is 6.79 Å². The van der Waals surface area contributed by atoms with E-state index in [2.05, 4.69) is 5.32 Å². The Labute approximate surface area is 105 Å². The molecule has 1 amide bonds. The molecule has 18 heavy (non-hydrogen) atoms. The summed E-state index contributed by atoms with van der Waals surface area (Å²) in [7, 11) is 0. The number of amides is 1. The Bertz CT molecular complexity index is 484. The Kier molecular flexibility index (Phi) is 3.50. The molecule has 1 aliphatic heterocycles. The quantitative estimate of drug-likeness (QED) is 0.878. The van der Waals surface area contributed by atoms with E-state index in [-0.39, 0.29) is 18.5 Å². The molecule has 1 aromatic rings. The summed E-state index contributed by atoms with van der Waals surface area (Å²) < 4.78 is 10.4. The predicted molar refractivity (Wildman–Crippen MR) is 64.8 cm³/mol. The summed E-state index contributed by atoms with van der Waals surface area (Å²) in [5.74, 6) is 0.896. The maximum atomic E-state index is 11.9. The Morgan fingerprint density at radius 2 is 2.06 bits per heavy atom. The van der Waals surface area contributed by atoms with E-state index in [1.54, 1.807) is 32.0 Å². The van der Waals surface area contributed by atoms with Crippen molar-refractivity contribution in [2.24, 2.45) is 0 Å². The molecule has 0 bridgehead atoms. The summed E-state index contributed by atoms with van der Waals surface area (Å²) in [6, 6.07) is 4.46. The number of Topliss-reactive ketones (excluding diaryl/α,β-unsaturated/α-hetero) is 1. The van der Waals surface area contributed by atoms with Crippen LogP contribution in [0.25, 0.3) is 0 Å². The standard InChI is InChI=1S/C13H15NO4/c1-3-10(15)8(2)14-13(16)9-4-5-11-12(6-9)18-7-17-11/h4-6,8H,3,7H2,1-2H3,(H,14,16). The van der Waals surface area contributed by atoms with Crippen LogP contribution in [-0.4, -0.2) is 24.5 Å². The van der Waals surface area contributed by atoms with Gasteiger partial charge in [-0.25, -0.2) is 0 Å². The summed E-state index contributed by atoms with van der Waals surface area (Å²) in [6.45, 7) is 3.62. The molecule has 1 atom stereocenters. The normalized spacial score (nSPS) is 14.1. The minimum atomic E-state index is -0.479. The van der Waals surface area contributed by atoms with Gasteiger partial charge in [-0.2, -0.15) is 0 Å². The number of hydrogen-bond donors (Lipinski definition) is 1. The summed E-state index contributed by atoms with van der Waals surface area (Å²) in [6.07, 6.45) is 0.405. The van der Waals surface area contributed by atoms with Crippen LogP contribution in [-0.2, 0) is 4.79 Å². The summed E-state index contributed by atoms with van der Waals surface area (Å²) >= 11 is 0. The van der Waals surface area contributed by atoms with Crippen molar-refractivity contribution in [3.8, 4) is 11.5 Å². The lowest BCUT2D eigenvalue weighted by molar-refractivity contribution is -0.120. The second kappa shape index (κ2) is 5.08. The second-order valence-corrected chi connectivity index (χ2v) is 4.08. The molecule has 1 N–H and O–H groups in total. The van der Waals surface area contributed by atoms with Gasteiger partial charge < -0.3 is 14.8 Å². The molecule has 96 valence electrons. The maximum absolute atomic E-state index is 11.9. The molecular formula is C13H15NO4. The van der Waals surface area contributed by atoms with E-state index in [0.29, 0.717) is 23.5 Å². The first-order valence-corrected chi connectivity index (χ1v) is 5.85. The van der Waals surface area contributed by atoms with E-state index in [1.165, 1.54) is 0 Å². The molecule has 1 aromatic carbocycles. The third-order valence-corrected chi connectivity index (χ3v) is 2.81. The molecule has 0 saturated heterocycles. The summed E-state index contributed by atoms with van der Waals surface area (Å²) in [4.78, 5) is 23.3. The minimum Gasteiger partial charge on any atom is -0.454 e. The third-order valence-electron chi connectivity index (χ3n) is 2.81. The van der Waals surface area contributed by atoms with Crippen LogP contribution in [0.5, 0.6) is 11.5 Å². The van der Waals surface area contributed by atoms with Gasteiger partial charge in [0.15, 0.2) is 17.3 Å². The van der Waals surface area contributed by atoms with Gasteiger partial charge >= 0.3 is 0 Å². The highest BCUT2D eigenvalue weighted by Crippen LogP contribution is 2.32. The number of carbonyl (C=O) groups excluding carboxylic acids is 2. The zero-order valence-electron chi connectivity index (χ0n) is 10.4. The van der Waals surface area contributed by atoms with E-state index in [0.717, 1.165) is 0 Å². The van der Waals surface area contributed by atoms with Gasteiger partial charge in [0, 0.05) is 12.0 Å². The van der Waals surface area contributed by atoms with Crippen molar-refractivity contribution >= 4 is 11.7 Å². The van der Waals surface area contributed by atoms with E-state index in [4.69, 9.17) is 9.47 Å². The first-order valence-electron chi connectivity index (χ1n) is 5.85. The molecule has 1 heterocycles. The van der Waals surface area contributed by atoms with Gasteiger partial charge in [0.05, 0.1) is 6.04 Å². The zero-order valence-corrected chi connectivity index (χ0v) is 10.4. The van der Waals surface area contributed by atoms with Gasteiger partial charge in [-0.05, 0) is 25.1 Å². The van der Waals surface area contributed by atoms with Crippen LogP contribution >= 0.6 is 0 Å². The number of nitrogens with one attached hydrogen (secondary N) is 1. The van der Waals surface area contributed by atoms with E-state index in [9.17, 15) is 9.59 Å². The van der Waals surface area contributed by atoms with Crippen molar-refractivity contribution < 1.29 is 19.1 Å². The second-order valence-electron chi connectivity index (χ2n) is 4.08. The Balaban J connectivity index is 2.07. The number of fused-ring (bicyclic) bond motifs is 1. The van der Waals surface area contributed by atoms with Crippen molar-refractivity contribution in [2.45, 2.75) is 26.3 Å². The molecule has 1 unspecified atom stereocenters. The number of hydrogen-bond acceptors (Lipinski definition) is 4. The maximum Gasteiger partial charge on any atom is 0.251 e. The molecule has 0 spiro atoms. The molecule has 2 rings (SSSR count). The highest BCUT2D eigenvalue weighted by atomic mass is 16.7. The van der Waals surface area contributed by atoms with Crippen LogP contribution in [0, 0.1) is 0 Å². The van der Waals surface area contributed by atoms with Crippen LogP contribution in [0.15, 0.2) is 18.2 Å².